The molecule has 2 rings (SSSR count). The maximum absolute atomic E-state index is 11.2. The molecule has 0 unspecified atom stereocenters. The second kappa shape index (κ2) is 4.71. The van der Waals surface area contributed by atoms with E-state index in [2.05, 4.69) is 16.6 Å². The van der Waals surface area contributed by atoms with Gasteiger partial charge in [-0.1, -0.05) is 11.8 Å². The number of carbonyl (C=O) groups is 2. The van der Waals surface area contributed by atoms with Crippen LogP contribution in [-0.4, -0.2) is 19.0 Å². The number of fused-ring (bicyclic) bond motifs is 1. The Kier molecular flexibility index (Phi) is 3.10. The fourth-order valence-corrected chi connectivity index (χ4v) is 1.50. The molecule has 0 atom stereocenters. The molecule has 17 heavy (non-hydrogen) atoms. The normalized spacial score (nSPS) is 12.2. The Morgan fingerprint density at radius 1 is 1.53 bits per heavy atom. The molecule has 0 saturated heterocycles. The Labute approximate surface area is 98.5 Å². The highest BCUT2D eigenvalue weighted by atomic mass is 16.5. The van der Waals surface area contributed by atoms with Crippen LogP contribution in [0.5, 0.6) is 0 Å². The molecule has 0 aromatic heterocycles. The number of hydrogen-bond acceptors (Lipinski definition) is 4. The van der Waals surface area contributed by atoms with Gasteiger partial charge in [0.25, 0.3) is 0 Å². The van der Waals surface area contributed by atoms with Gasteiger partial charge in [-0.25, -0.2) is 4.79 Å². The number of carbonyl (C=O) groups excluding carboxylic acids is 2. The number of rotatable bonds is 1. The van der Waals surface area contributed by atoms with E-state index in [4.69, 9.17) is 4.74 Å². The number of benzene rings is 1. The van der Waals surface area contributed by atoms with E-state index in [9.17, 15) is 9.59 Å². The molecule has 0 spiro atoms. The van der Waals surface area contributed by atoms with E-state index in [1.807, 2.05) is 0 Å². The summed E-state index contributed by atoms with van der Waals surface area (Å²) in [6.07, 6.45) is 0.0585. The molecule has 1 aliphatic rings. The second-order valence-corrected chi connectivity index (χ2v) is 3.50. The first-order valence-electron chi connectivity index (χ1n) is 5.06. The fraction of sp³-hybridized carbons (Fsp3) is 0.231. The molecule has 1 aromatic carbocycles. The smallest absolute Gasteiger partial charge is 0.338 e. The third kappa shape index (κ3) is 2.45. The molecule has 0 fully saturated rings. The molecule has 1 aliphatic heterocycles. The van der Waals surface area contributed by atoms with Crippen molar-refractivity contribution in [2.24, 2.45) is 0 Å². The van der Waals surface area contributed by atoms with Crippen LogP contribution in [0.2, 0.25) is 0 Å². The largest absolute Gasteiger partial charge is 0.468 e. The quantitative estimate of drug-likeness (QED) is 0.538. The van der Waals surface area contributed by atoms with E-state index >= 15 is 0 Å². The summed E-state index contributed by atoms with van der Waals surface area (Å²) in [6.45, 7) is 0.292. The standard InChI is InChI=1S/C13H10O4/c1-16-12(14)4-2-3-9-5-6-11-10(7-9)8-17-13(11)15/h5-7H,4,8H2,1H3. The van der Waals surface area contributed by atoms with Crippen molar-refractivity contribution >= 4 is 11.9 Å². The fourth-order valence-electron chi connectivity index (χ4n) is 1.50. The lowest BCUT2D eigenvalue weighted by molar-refractivity contribution is -0.139. The Hall–Kier alpha value is -2.28. The van der Waals surface area contributed by atoms with Gasteiger partial charge in [-0.05, 0) is 18.2 Å². The highest BCUT2D eigenvalue weighted by Crippen LogP contribution is 2.20. The first kappa shape index (κ1) is 11.2. The number of hydrogen-bond donors (Lipinski definition) is 0. The zero-order valence-electron chi connectivity index (χ0n) is 9.28. The van der Waals surface area contributed by atoms with Crippen molar-refractivity contribution in [1.29, 1.82) is 0 Å². The monoisotopic (exact) mass is 230 g/mol. The van der Waals surface area contributed by atoms with Crippen molar-refractivity contribution in [3.05, 3.63) is 34.9 Å². The highest BCUT2D eigenvalue weighted by molar-refractivity contribution is 5.93. The predicted octanol–water partition coefficient (Wildman–Crippen LogP) is 1.27. The lowest BCUT2D eigenvalue weighted by atomic mass is 10.1. The summed E-state index contributed by atoms with van der Waals surface area (Å²) in [4.78, 5) is 22.0. The minimum atomic E-state index is -0.364. The van der Waals surface area contributed by atoms with Gasteiger partial charge in [0.2, 0.25) is 0 Å². The van der Waals surface area contributed by atoms with Crippen LogP contribution >= 0.6 is 0 Å². The Morgan fingerprint density at radius 2 is 2.35 bits per heavy atom. The lowest BCUT2D eigenvalue weighted by Gasteiger charge is -1.94. The van der Waals surface area contributed by atoms with Gasteiger partial charge in [0.05, 0.1) is 12.7 Å². The van der Waals surface area contributed by atoms with Crippen LogP contribution in [0.15, 0.2) is 18.2 Å². The van der Waals surface area contributed by atoms with Crippen LogP contribution in [0, 0.1) is 11.8 Å². The molecule has 0 aliphatic carbocycles. The van der Waals surface area contributed by atoms with Crippen molar-refractivity contribution in [2.75, 3.05) is 7.11 Å². The third-order valence-electron chi connectivity index (χ3n) is 2.38. The summed E-state index contributed by atoms with van der Waals surface area (Å²) in [5.41, 5.74) is 2.18. The maximum atomic E-state index is 11.2. The predicted molar refractivity (Wildman–Crippen MR) is 59.1 cm³/mol. The van der Waals surface area contributed by atoms with Gasteiger partial charge in [0.1, 0.15) is 13.0 Å². The number of cyclic esters (lactones) is 1. The van der Waals surface area contributed by atoms with Gasteiger partial charge < -0.3 is 9.47 Å². The average molecular weight is 230 g/mol. The first-order chi connectivity index (χ1) is 8.20. The van der Waals surface area contributed by atoms with Gasteiger partial charge in [0, 0.05) is 11.1 Å². The molecule has 0 N–H and O–H groups in total. The number of ether oxygens (including phenoxy) is 2. The summed E-state index contributed by atoms with van der Waals surface area (Å²) in [5.74, 6) is 4.88. The van der Waals surface area contributed by atoms with Gasteiger partial charge in [-0.15, -0.1) is 0 Å². The molecule has 1 aromatic rings. The molecular weight excluding hydrogens is 220 g/mol. The topological polar surface area (TPSA) is 52.6 Å². The van der Waals surface area contributed by atoms with Gasteiger partial charge >= 0.3 is 11.9 Å². The van der Waals surface area contributed by atoms with Crippen LogP contribution in [0.3, 0.4) is 0 Å². The molecule has 0 radical (unpaired) electrons. The van der Waals surface area contributed by atoms with E-state index in [1.165, 1.54) is 7.11 Å². The zero-order valence-corrected chi connectivity index (χ0v) is 9.28. The third-order valence-corrected chi connectivity index (χ3v) is 2.38. The zero-order chi connectivity index (χ0) is 12.3. The SMILES string of the molecule is COC(=O)CC#Cc1ccc2c(c1)COC2=O. The first-order valence-corrected chi connectivity index (χ1v) is 5.06. The second-order valence-electron chi connectivity index (χ2n) is 3.50. The Balaban J connectivity index is 2.14. The average Bonchev–Trinajstić information content (AvgIpc) is 2.70. The van der Waals surface area contributed by atoms with Gasteiger partial charge in [0.15, 0.2) is 0 Å². The van der Waals surface area contributed by atoms with Crippen molar-refractivity contribution in [3.8, 4) is 11.8 Å². The molecule has 0 bridgehead atoms. The molecule has 4 heteroatoms. The van der Waals surface area contributed by atoms with E-state index in [0.717, 1.165) is 11.1 Å². The molecule has 1 heterocycles. The summed E-state index contributed by atoms with van der Waals surface area (Å²) in [5, 5.41) is 0. The summed E-state index contributed by atoms with van der Waals surface area (Å²) in [6, 6.07) is 5.22. The maximum Gasteiger partial charge on any atom is 0.338 e. The van der Waals surface area contributed by atoms with Crippen LogP contribution in [-0.2, 0) is 20.9 Å². The lowest BCUT2D eigenvalue weighted by Crippen LogP contribution is -1.97. The Morgan fingerprint density at radius 3 is 3.12 bits per heavy atom. The van der Waals surface area contributed by atoms with Gasteiger partial charge in [-0.3, -0.25) is 4.79 Å². The van der Waals surface area contributed by atoms with E-state index < -0.39 is 0 Å². The summed E-state index contributed by atoms with van der Waals surface area (Å²) in [7, 11) is 1.32. The Bertz CT molecular complexity index is 534. The highest BCUT2D eigenvalue weighted by Gasteiger charge is 2.20. The van der Waals surface area contributed by atoms with Gasteiger partial charge in [-0.2, -0.15) is 0 Å². The minimum Gasteiger partial charge on any atom is -0.468 e. The van der Waals surface area contributed by atoms with E-state index in [-0.39, 0.29) is 18.4 Å². The van der Waals surface area contributed by atoms with Crippen molar-refractivity contribution in [2.45, 2.75) is 13.0 Å². The van der Waals surface area contributed by atoms with Crippen LogP contribution in [0.25, 0.3) is 0 Å². The minimum absolute atomic E-state index is 0.0585. The molecule has 0 amide bonds. The number of esters is 2. The molecular formula is C13H10O4. The van der Waals surface area contributed by atoms with E-state index in [0.29, 0.717) is 12.2 Å². The van der Waals surface area contributed by atoms with Crippen molar-refractivity contribution in [1.82, 2.24) is 0 Å². The summed E-state index contributed by atoms with van der Waals surface area (Å²) < 4.78 is 9.35. The number of methoxy groups -OCH3 is 1. The van der Waals surface area contributed by atoms with Crippen LogP contribution in [0.1, 0.15) is 27.9 Å². The van der Waals surface area contributed by atoms with E-state index in [1.54, 1.807) is 18.2 Å². The van der Waals surface area contributed by atoms with Crippen molar-refractivity contribution < 1.29 is 19.1 Å². The van der Waals surface area contributed by atoms with Crippen LogP contribution in [0.4, 0.5) is 0 Å². The summed E-state index contributed by atoms with van der Waals surface area (Å²) >= 11 is 0. The molecule has 86 valence electrons. The van der Waals surface area contributed by atoms with Crippen molar-refractivity contribution in [3.63, 3.8) is 0 Å². The molecule has 0 saturated carbocycles. The van der Waals surface area contributed by atoms with Crippen LogP contribution < -0.4 is 0 Å². The molecule has 4 nitrogen and oxygen atoms in total.